The molecule has 0 saturated carbocycles. The summed E-state index contributed by atoms with van der Waals surface area (Å²) >= 11 is 0. The molecule has 138 valence electrons. The summed E-state index contributed by atoms with van der Waals surface area (Å²) < 4.78 is 5.60. The maximum Gasteiger partial charge on any atom is 0.126 e. The number of ether oxygens (including phenoxy) is 1. The normalized spacial score (nSPS) is 14.8. The van der Waals surface area contributed by atoms with Crippen molar-refractivity contribution < 1.29 is 4.74 Å². The Bertz CT molecular complexity index is 971. The molecule has 4 rings (SSSR count). The predicted molar refractivity (Wildman–Crippen MR) is 114 cm³/mol. The van der Waals surface area contributed by atoms with Crippen molar-refractivity contribution in [2.45, 2.75) is 26.2 Å². The quantitative estimate of drug-likeness (QED) is 0.597. The van der Waals surface area contributed by atoms with Crippen molar-refractivity contribution in [2.24, 2.45) is 0 Å². The predicted octanol–water partition coefficient (Wildman–Crippen LogP) is 5.71. The summed E-state index contributed by atoms with van der Waals surface area (Å²) in [4.78, 5) is 7.13. The topological polar surface area (TPSA) is 25.4 Å². The SMILES string of the molecule is COc1ccc2ccccc2c1/C=C/c1cc(N2CCCCC2)c(C)cn1. The minimum absolute atomic E-state index is 0.883. The van der Waals surface area contributed by atoms with Gasteiger partial charge in [-0.2, -0.15) is 0 Å². The van der Waals surface area contributed by atoms with Crippen LogP contribution in [0, 0.1) is 6.92 Å². The Kier molecular flexibility index (Phi) is 5.10. The summed E-state index contributed by atoms with van der Waals surface area (Å²) in [5.41, 5.74) is 4.64. The lowest BCUT2D eigenvalue weighted by Gasteiger charge is -2.30. The fourth-order valence-electron chi connectivity index (χ4n) is 3.89. The molecule has 0 aliphatic carbocycles. The standard InChI is InChI=1S/C24H26N2O/c1-18-17-25-20(16-23(18)26-14-6-3-7-15-26)11-12-22-21-9-5-4-8-19(21)10-13-24(22)27-2/h4-5,8-13,16-17H,3,6-7,14-15H2,1-2H3/b12-11+. The van der Waals surface area contributed by atoms with Gasteiger partial charge in [-0.1, -0.05) is 30.3 Å². The van der Waals surface area contributed by atoms with Gasteiger partial charge in [0, 0.05) is 30.5 Å². The first-order valence-corrected chi connectivity index (χ1v) is 9.71. The maximum atomic E-state index is 5.60. The summed E-state index contributed by atoms with van der Waals surface area (Å²) in [6.07, 6.45) is 10.1. The second kappa shape index (κ2) is 7.83. The zero-order chi connectivity index (χ0) is 18.6. The van der Waals surface area contributed by atoms with E-state index in [2.05, 4.69) is 65.4 Å². The molecule has 1 saturated heterocycles. The number of piperidine rings is 1. The molecule has 0 atom stereocenters. The average molecular weight is 358 g/mol. The number of aryl methyl sites for hydroxylation is 1. The monoisotopic (exact) mass is 358 g/mol. The van der Waals surface area contributed by atoms with Crippen LogP contribution in [0.1, 0.15) is 36.1 Å². The number of hydrogen-bond donors (Lipinski definition) is 0. The molecule has 3 heteroatoms. The smallest absolute Gasteiger partial charge is 0.126 e. The number of methoxy groups -OCH3 is 1. The summed E-state index contributed by atoms with van der Waals surface area (Å²) in [6, 6.07) is 14.7. The summed E-state index contributed by atoms with van der Waals surface area (Å²) in [6.45, 7) is 4.44. The van der Waals surface area contributed by atoms with Crippen molar-refractivity contribution in [1.29, 1.82) is 0 Å². The van der Waals surface area contributed by atoms with Crippen LogP contribution in [-0.2, 0) is 0 Å². The molecular weight excluding hydrogens is 332 g/mol. The number of hydrogen-bond acceptors (Lipinski definition) is 3. The lowest BCUT2D eigenvalue weighted by molar-refractivity contribution is 0.414. The van der Waals surface area contributed by atoms with Gasteiger partial charge in [-0.25, -0.2) is 0 Å². The minimum Gasteiger partial charge on any atom is -0.496 e. The van der Waals surface area contributed by atoms with E-state index in [1.165, 1.54) is 41.3 Å². The second-order valence-electron chi connectivity index (χ2n) is 7.18. The fourth-order valence-corrected chi connectivity index (χ4v) is 3.89. The van der Waals surface area contributed by atoms with Crippen LogP contribution < -0.4 is 9.64 Å². The highest BCUT2D eigenvalue weighted by Crippen LogP contribution is 2.30. The van der Waals surface area contributed by atoms with E-state index >= 15 is 0 Å². The minimum atomic E-state index is 0.883. The number of nitrogens with zero attached hydrogens (tertiary/aromatic N) is 2. The van der Waals surface area contributed by atoms with Crippen LogP contribution in [0.15, 0.2) is 48.7 Å². The Hall–Kier alpha value is -2.81. The molecule has 2 heterocycles. The number of benzene rings is 2. The third-order valence-electron chi connectivity index (χ3n) is 5.36. The lowest BCUT2D eigenvalue weighted by Crippen LogP contribution is -2.30. The van der Waals surface area contributed by atoms with Crippen LogP contribution in [0.2, 0.25) is 0 Å². The first-order valence-electron chi connectivity index (χ1n) is 9.71. The molecule has 0 radical (unpaired) electrons. The van der Waals surface area contributed by atoms with Gasteiger partial charge in [-0.15, -0.1) is 0 Å². The summed E-state index contributed by atoms with van der Waals surface area (Å²) in [5.74, 6) is 0.883. The van der Waals surface area contributed by atoms with Gasteiger partial charge in [0.15, 0.2) is 0 Å². The Balaban J connectivity index is 1.70. The number of aromatic nitrogens is 1. The largest absolute Gasteiger partial charge is 0.496 e. The van der Waals surface area contributed by atoms with E-state index in [-0.39, 0.29) is 0 Å². The molecule has 3 nitrogen and oxygen atoms in total. The van der Waals surface area contributed by atoms with Gasteiger partial charge in [0.25, 0.3) is 0 Å². The highest BCUT2D eigenvalue weighted by molar-refractivity contribution is 5.95. The molecule has 0 bridgehead atoms. The molecule has 1 aliphatic heterocycles. The molecular formula is C24H26N2O. The van der Waals surface area contributed by atoms with Crippen molar-refractivity contribution in [3.8, 4) is 5.75 Å². The Morgan fingerprint density at radius 1 is 1.00 bits per heavy atom. The molecule has 1 fully saturated rings. The zero-order valence-electron chi connectivity index (χ0n) is 16.1. The van der Waals surface area contributed by atoms with Gasteiger partial charge in [-0.05, 0) is 66.8 Å². The van der Waals surface area contributed by atoms with Gasteiger partial charge in [0.2, 0.25) is 0 Å². The zero-order valence-corrected chi connectivity index (χ0v) is 16.1. The molecule has 2 aromatic carbocycles. The van der Waals surface area contributed by atoms with Crippen LogP contribution >= 0.6 is 0 Å². The Morgan fingerprint density at radius 3 is 2.63 bits per heavy atom. The third-order valence-corrected chi connectivity index (χ3v) is 5.36. The van der Waals surface area contributed by atoms with Crippen LogP contribution in [0.4, 0.5) is 5.69 Å². The highest BCUT2D eigenvalue weighted by atomic mass is 16.5. The average Bonchev–Trinajstić information content (AvgIpc) is 2.73. The molecule has 0 amide bonds. The van der Waals surface area contributed by atoms with E-state index in [0.29, 0.717) is 0 Å². The van der Waals surface area contributed by atoms with E-state index in [4.69, 9.17) is 4.74 Å². The van der Waals surface area contributed by atoms with Crippen molar-refractivity contribution in [3.05, 3.63) is 65.5 Å². The highest BCUT2D eigenvalue weighted by Gasteiger charge is 2.13. The van der Waals surface area contributed by atoms with Crippen molar-refractivity contribution in [1.82, 2.24) is 4.98 Å². The molecule has 0 unspecified atom stereocenters. The van der Waals surface area contributed by atoms with Crippen LogP contribution in [-0.4, -0.2) is 25.2 Å². The van der Waals surface area contributed by atoms with E-state index in [9.17, 15) is 0 Å². The first kappa shape index (κ1) is 17.6. The molecule has 1 aliphatic rings. The van der Waals surface area contributed by atoms with Crippen molar-refractivity contribution in [3.63, 3.8) is 0 Å². The third kappa shape index (κ3) is 3.68. The molecule has 3 aromatic rings. The fraction of sp³-hybridized carbons (Fsp3) is 0.292. The van der Waals surface area contributed by atoms with Crippen molar-refractivity contribution in [2.75, 3.05) is 25.1 Å². The number of anilines is 1. The van der Waals surface area contributed by atoms with Gasteiger partial charge in [-0.3, -0.25) is 4.98 Å². The Labute approximate surface area is 161 Å². The lowest BCUT2D eigenvalue weighted by atomic mass is 10.0. The van der Waals surface area contributed by atoms with Crippen LogP contribution in [0.25, 0.3) is 22.9 Å². The molecule has 0 spiro atoms. The van der Waals surface area contributed by atoms with Crippen LogP contribution in [0.5, 0.6) is 5.75 Å². The summed E-state index contributed by atoms with van der Waals surface area (Å²) in [5, 5.41) is 2.40. The van der Waals surface area contributed by atoms with E-state index < -0.39 is 0 Å². The van der Waals surface area contributed by atoms with Gasteiger partial charge >= 0.3 is 0 Å². The van der Waals surface area contributed by atoms with E-state index in [1.807, 2.05) is 12.3 Å². The van der Waals surface area contributed by atoms with Crippen LogP contribution in [0.3, 0.4) is 0 Å². The van der Waals surface area contributed by atoms with Gasteiger partial charge < -0.3 is 9.64 Å². The maximum absolute atomic E-state index is 5.60. The van der Waals surface area contributed by atoms with E-state index in [1.54, 1.807) is 7.11 Å². The molecule has 0 N–H and O–H groups in total. The number of rotatable bonds is 4. The Morgan fingerprint density at radius 2 is 1.81 bits per heavy atom. The molecule has 1 aromatic heterocycles. The first-order chi connectivity index (χ1) is 13.3. The summed E-state index contributed by atoms with van der Waals surface area (Å²) in [7, 11) is 1.72. The van der Waals surface area contributed by atoms with E-state index in [0.717, 1.165) is 30.1 Å². The number of pyridine rings is 1. The van der Waals surface area contributed by atoms with Gasteiger partial charge in [0.1, 0.15) is 5.75 Å². The van der Waals surface area contributed by atoms with Gasteiger partial charge in [0.05, 0.1) is 12.8 Å². The van der Waals surface area contributed by atoms with Crippen molar-refractivity contribution >= 4 is 28.6 Å². The number of fused-ring (bicyclic) bond motifs is 1. The molecule has 27 heavy (non-hydrogen) atoms. The second-order valence-corrected chi connectivity index (χ2v) is 7.18.